The molecule has 0 aliphatic heterocycles. The van der Waals surface area contributed by atoms with Gasteiger partial charge in [-0.1, -0.05) is 65.2 Å². The van der Waals surface area contributed by atoms with Crippen LogP contribution in [0.3, 0.4) is 0 Å². The van der Waals surface area contributed by atoms with Crippen molar-refractivity contribution in [2.24, 2.45) is 0 Å². The quantitative estimate of drug-likeness (QED) is 0.228. The van der Waals surface area contributed by atoms with Crippen molar-refractivity contribution in [2.75, 3.05) is 19.8 Å². The van der Waals surface area contributed by atoms with Gasteiger partial charge in [0, 0.05) is 18.2 Å². The van der Waals surface area contributed by atoms with Gasteiger partial charge in [-0.25, -0.2) is 0 Å². The molecule has 0 amide bonds. The fourth-order valence-corrected chi connectivity index (χ4v) is 3.41. The number of hydrogen-bond donors (Lipinski definition) is 0. The standard InChI is InChI=1S/C27H42N2O3/c1-4-6-8-10-11-13-21-31-25-16-14-24(15-17-25)26-18-19-27(29-28-26)32-22-23(3)30-20-12-9-7-5-2/h14-19,23H,4-13,20-22H2,1-3H3. The second kappa shape index (κ2) is 16.5. The highest BCUT2D eigenvalue weighted by atomic mass is 16.5. The van der Waals surface area contributed by atoms with Crippen LogP contribution in [0.1, 0.15) is 85.0 Å². The zero-order valence-corrected chi connectivity index (χ0v) is 20.4. The highest BCUT2D eigenvalue weighted by Gasteiger charge is 2.06. The number of nitrogens with zero attached hydrogens (tertiary/aromatic N) is 2. The van der Waals surface area contributed by atoms with Crippen molar-refractivity contribution in [3.63, 3.8) is 0 Å². The van der Waals surface area contributed by atoms with Crippen LogP contribution in [-0.4, -0.2) is 36.1 Å². The van der Waals surface area contributed by atoms with E-state index in [-0.39, 0.29) is 6.10 Å². The van der Waals surface area contributed by atoms with E-state index >= 15 is 0 Å². The minimum atomic E-state index is 0.0435. The van der Waals surface area contributed by atoms with E-state index in [1.807, 2.05) is 43.3 Å². The number of hydrogen-bond acceptors (Lipinski definition) is 5. The summed E-state index contributed by atoms with van der Waals surface area (Å²) in [5, 5.41) is 8.51. The number of ether oxygens (including phenoxy) is 3. The largest absolute Gasteiger partial charge is 0.494 e. The highest BCUT2D eigenvalue weighted by molar-refractivity contribution is 5.59. The van der Waals surface area contributed by atoms with E-state index in [0.717, 1.165) is 43.1 Å². The molecule has 1 aromatic heterocycles. The molecule has 5 heteroatoms. The average molecular weight is 443 g/mol. The lowest BCUT2D eigenvalue weighted by atomic mass is 10.1. The summed E-state index contributed by atoms with van der Waals surface area (Å²) >= 11 is 0. The van der Waals surface area contributed by atoms with Crippen molar-refractivity contribution in [2.45, 2.75) is 91.1 Å². The van der Waals surface area contributed by atoms with Gasteiger partial charge in [0.2, 0.25) is 5.88 Å². The minimum Gasteiger partial charge on any atom is -0.494 e. The van der Waals surface area contributed by atoms with Crippen LogP contribution >= 0.6 is 0 Å². The van der Waals surface area contributed by atoms with Gasteiger partial charge >= 0.3 is 0 Å². The Bertz CT molecular complexity index is 704. The number of benzene rings is 1. The molecular weight excluding hydrogens is 400 g/mol. The molecule has 1 heterocycles. The van der Waals surface area contributed by atoms with Crippen LogP contribution in [0.15, 0.2) is 36.4 Å². The predicted octanol–water partition coefficient (Wildman–Crippen LogP) is 7.25. The van der Waals surface area contributed by atoms with Crippen LogP contribution < -0.4 is 9.47 Å². The Morgan fingerprint density at radius 3 is 2.03 bits per heavy atom. The molecule has 2 rings (SSSR count). The fraction of sp³-hybridized carbons (Fsp3) is 0.630. The van der Waals surface area contributed by atoms with E-state index in [1.54, 1.807) is 0 Å². The first kappa shape index (κ1) is 26.1. The average Bonchev–Trinajstić information content (AvgIpc) is 2.83. The lowest BCUT2D eigenvalue weighted by Gasteiger charge is -2.13. The molecule has 0 saturated heterocycles. The molecule has 178 valence electrons. The van der Waals surface area contributed by atoms with Gasteiger partial charge < -0.3 is 14.2 Å². The Morgan fingerprint density at radius 1 is 0.688 bits per heavy atom. The van der Waals surface area contributed by atoms with Gasteiger partial charge in [0.1, 0.15) is 12.4 Å². The maximum absolute atomic E-state index is 5.86. The smallest absolute Gasteiger partial charge is 0.233 e. The van der Waals surface area contributed by atoms with Crippen LogP contribution in [-0.2, 0) is 4.74 Å². The summed E-state index contributed by atoms with van der Waals surface area (Å²) in [6.07, 6.45) is 12.5. The van der Waals surface area contributed by atoms with Crippen molar-refractivity contribution in [1.29, 1.82) is 0 Å². The molecule has 1 aromatic carbocycles. The Balaban J connectivity index is 1.67. The number of rotatable bonds is 18. The monoisotopic (exact) mass is 442 g/mol. The van der Waals surface area contributed by atoms with E-state index in [1.165, 1.54) is 51.4 Å². The van der Waals surface area contributed by atoms with Crippen molar-refractivity contribution in [1.82, 2.24) is 10.2 Å². The normalized spacial score (nSPS) is 12.0. The summed E-state index contributed by atoms with van der Waals surface area (Å²) in [4.78, 5) is 0. The third-order valence-electron chi connectivity index (χ3n) is 5.42. The molecule has 0 bridgehead atoms. The van der Waals surface area contributed by atoms with Gasteiger partial charge in [-0.15, -0.1) is 10.2 Å². The van der Waals surface area contributed by atoms with Crippen molar-refractivity contribution >= 4 is 0 Å². The van der Waals surface area contributed by atoms with E-state index < -0.39 is 0 Å². The van der Waals surface area contributed by atoms with Gasteiger partial charge in [0.05, 0.1) is 18.4 Å². The first-order valence-electron chi connectivity index (χ1n) is 12.5. The Hall–Kier alpha value is -2.14. The first-order valence-corrected chi connectivity index (χ1v) is 12.5. The summed E-state index contributed by atoms with van der Waals surface area (Å²) in [7, 11) is 0. The summed E-state index contributed by atoms with van der Waals surface area (Å²) < 4.78 is 17.4. The van der Waals surface area contributed by atoms with Crippen LogP contribution in [0.4, 0.5) is 0 Å². The minimum absolute atomic E-state index is 0.0435. The lowest BCUT2D eigenvalue weighted by Crippen LogP contribution is -2.19. The van der Waals surface area contributed by atoms with Crippen LogP contribution in [0.25, 0.3) is 11.3 Å². The maximum atomic E-state index is 5.86. The van der Waals surface area contributed by atoms with Gasteiger partial charge in [-0.2, -0.15) is 0 Å². The number of aromatic nitrogens is 2. The van der Waals surface area contributed by atoms with Gasteiger partial charge in [0.25, 0.3) is 0 Å². The Labute approximate surface area is 194 Å². The second-order valence-corrected chi connectivity index (χ2v) is 8.45. The van der Waals surface area contributed by atoms with Crippen LogP contribution in [0, 0.1) is 0 Å². The molecule has 0 N–H and O–H groups in total. The van der Waals surface area contributed by atoms with E-state index in [2.05, 4.69) is 24.0 Å². The third-order valence-corrected chi connectivity index (χ3v) is 5.42. The van der Waals surface area contributed by atoms with E-state index in [4.69, 9.17) is 14.2 Å². The zero-order valence-electron chi connectivity index (χ0n) is 20.4. The topological polar surface area (TPSA) is 53.5 Å². The van der Waals surface area contributed by atoms with Crippen molar-refractivity contribution in [3.05, 3.63) is 36.4 Å². The fourth-order valence-electron chi connectivity index (χ4n) is 3.41. The molecule has 5 nitrogen and oxygen atoms in total. The molecular formula is C27H42N2O3. The summed E-state index contributed by atoms with van der Waals surface area (Å²) in [5.41, 5.74) is 1.83. The molecule has 0 saturated carbocycles. The Morgan fingerprint density at radius 2 is 1.34 bits per heavy atom. The molecule has 2 aromatic rings. The van der Waals surface area contributed by atoms with E-state index in [0.29, 0.717) is 12.5 Å². The Kier molecular flexibility index (Phi) is 13.5. The predicted molar refractivity (Wildman–Crippen MR) is 131 cm³/mol. The van der Waals surface area contributed by atoms with Crippen molar-refractivity contribution < 1.29 is 14.2 Å². The van der Waals surface area contributed by atoms with E-state index in [9.17, 15) is 0 Å². The molecule has 0 aliphatic carbocycles. The van der Waals surface area contributed by atoms with Crippen LogP contribution in [0.5, 0.6) is 11.6 Å². The van der Waals surface area contributed by atoms with Gasteiger partial charge in [0.15, 0.2) is 0 Å². The van der Waals surface area contributed by atoms with Gasteiger partial charge in [-0.05, 0) is 50.1 Å². The molecule has 32 heavy (non-hydrogen) atoms. The first-order chi connectivity index (χ1) is 15.7. The third kappa shape index (κ3) is 10.9. The molecule has 1 unspecified atom stereocenters. The molecule has 0 spiro atoms. The molecule has 1 atom stereocenters. The highest BCUT2D eigenvalue weighted by Crippen LogP contribution is 2.21. The zero-order chi connectivity index (χ0) is 22.9. The summed E-state index contributed by atoms with van der Waals surface area (Å²) in [6, 6.07) is 11.8. The van der Waals surface area contributed by atoms with Crippen LogP contribution in [0.2, 0.25) is 0 Å². The van der Waals surface area contributed by atoms with Crippen molar-refractivity contribution in [3.8, 4) is 22.9 Å². The summed E-state index contributed by atoms with van der Waals surface area (Å²) in [6.45, 7) is 8.52. The molecule has 0 aliphatic rings. The second-order valence-electron chi connectivity index (χ2n) is 8.45. The lowest BCUT2D eigenvalue weighted by molar-refractivity contribution is 0.0289. The number of unbranched alkanes of at least 4 members (excludes halogenated alkanes) is 8. The van der Waals surface area contributed by atoms with Gasteiger partial charge in [-0.3, -0.25) is 0 Å². The summed E-state index contributed by atoms with van der Waals surface area (Å²) in [5.74, 6) is 1.42. The maximum Gasteiger partial charge on any atom is 0.233 e. The SMILES string of the molecule is CCCCCCCCOc1ccc(-c2ccc(OCC(C)OCCCCCC)nn2)cc1. The molecule has 0 fully saturated rings. The molecule has 0 radical (unpaired) electrons.